The second kappa shape index (κ2) is 6.38. The number of hydrogen-bond acceptors (Lipinski definition) is 5. The molecule has 0 saturated heterocycles. The van der Waals surface area contributed by atoms with Crippen LogP contribution in [0.1, 0.15) is 5.56 Å². The van der Waals surface area contributed by atoms with Crippen molar-refractivity contribution in [1.82, 2.24) is 9.97 Å². The number of aromatic nitrogens is 2. The fourth-order valence-electron chi connectivity index (χ4n) is 1.61. The number of nitrogens with zero attached hydrogens (tertiary/aromatic N) is 2. The lowest BCUT2D eigenvalue weighted by Gasteiger charge is -2.10. The number of rotatable bonds is 5. The molecule has 1 aromatic carbocycles. The summed E-state index contributed by atoms with van der Waals surface area (Å²) in [6.07, 6.45) is 1.50. The average molecular weight is 324 g/mol. The van der Waals surface area contributed by atoms with E-state index >= 15 is 0 Å². The van der Waals surface area contributed by atoms with Crippen LogP contribution in [-0.4, -0.2) is 24.2 Å². The number of nitrogens with one attached hydrogen (secondary N) is 1. The van der Waals surface area contributed by atoms with Crippen molar-refractivity contribution < 1.29 is 9.47 Å². The lowest BCUT2D eigenvalue weighted by atomic mass is 10.2. The van der Waals surface area contributed by atoms with Gasteiger partial charge in [-0.25, -0.2) is 9.97 Å². The third-order valence-electron chi connectivity index (χ3n) is 2.56. The molecule has 0 fully saturated rings. The van der Waals surface area contributed by atoms with E-state index in [4.69, 9.17) is 9.47 Å². The second-order valence-corrected chi connectivity index (χ2v) is 4.58. The van der Waals surface area contributed by atoms with Crippen molar-refractivity contribution in [3.63, 3.8) is 0 Å². The lowest BCUT2D eigenvalue weighted by Crippen LogP contribution is -2.02. The van der Waals surface area contributed by atoms with Crippen molar-refractivity contribution in [3.8, 4) is 11.5 Å². The van der Waals surface area contributed by atoms with Crippen molar-refractivity contribution in [3.05, 3.63) is 40.8 Å². The van der Waals surface area contributed by atoms with Gasteiger partial charge in [0.1, 0.15) is 16.7 Å². The van der Waals surface area contributed by atoms with Crippen molar-refractivity contribution in [2.75, 3.05) is 19.5 Å². The number of methoxy groups -OCH3 is 2. The molecule has 1 aromatic heterocycles. The summed E-state index contributed by atoms with van der Waals surface area (Å²) >= 11 is 3.30. The molecule has 1 N–H and O–H groups in total. The first-order valence-corrected chi connectivity index (χ1v) is 6.44. The molecule has 5 nitrogen and oxygen atoms in total. The van der Waals surface area contributed by atoms with Crippen LogP contribution >= 0.6 is 15.9 Å². The highest BCUT2D eigenvalue weighted by Gasteiger charge is 2.04. The van der Waals surface area contributed by atoms with Gasteiger partial charge in [-0.05, 0) is 33.6 Å². The number of benzene rings is 1. The molecule has 0 bridgehead atoms. The SMILES string of the molecule is COc1ccc(CNc2cc(Br)ncn2)cc1OC. The molecular weight excluding hydrogens is 310 g/mol. The molecule has 0 radical (unpaired) electrons. The summed E-state index contributed by atoms with van der Waals surface area (Å²) in [5, 5.41) is 3.21. The number of hydrogen-bond donors (Lipinski definition) is 1. The Bertz CT molecular complexity index is 563. The summed E-state index contributed by atoms with van der Waals surface area (Å²) in [6, 6.07) is 7.61. The maximum atomic E-state index is 5.26. The highest BCUT2D eigenvalue weighted by molar-refractivity contribution is 9.10. The van der Waals surface area contributed by atoms with E-state index in [-0.39, 0.29) is 0 Å². The number of halogens is 1. The molecule has 1 heterocycles. The van der Waals surface area contributed by atoms with Gasteiger partial charge >= 0.3 is 0 Å². The molecule has 0 aliphatic carbocycles. The molecule has 0 spiro atoms. The van der Waals surface area contributed by atoms with Gasteiger partial charge in [0.25, 0.3) is 0 Å². The molecule has 0 aliphatic heterocycles. The largest absolute Gasteiger partial charge is 0.493 e. The fraction of sp³-hybridized carbons (Fsp3) is 0.231. The Balaban J connectivity index is 2.07. The van der Waals surface area contributed by atoms with E-state index in [0.717, 1.165) is 21.7 Å². The first-order valence-electron chi connectivity index (χ1n) is 5.65. The topological polar surface area (TPSA) is 56.3 Å². The Morgan fingerprint density at radius 1 is 1.11 bits per heavy atom. The van der Waals surface area contributed by atoms with Gasteiger partial charge in [0.2, 0.25) is 0 Å². The van der Waals surface area contributed by atoms with Crippen LogP contribution in [0.2, 0.25) is 0 Å². The number of anilines is 1. The molecule has 6 heteroatoms. The molecule has 100 valence electrons. The van der Waals surface area contributed by atoms with Gasteiger partial charge < -0.3 is 14.8 Å². The van der Waals surface area contributed by atoms with Crippen molar-refractivity contribution in [1.29, 1.82) is 0 Å². The molecule has 0 atom stereocenters. The van der Waals surface area contributed by atoms with Crippen molar-refractivity contribution in [2.45, 2.75) is 6.54 Å². The maximum absolute atomic E-state index is 5.26. The summed E-state index contributed by atoms with van der Waals surface area (Å²) in [5.41, 5.74) is 1.08. The van der Waals surface area contributed by atoms with E-state index in [1.807, 2.05) is 24.3 Å². The molecule has 0 aliphatic rings. The average Bonchev–Trinajstić information content (AvgIpc) is 2.45. The monoisotopic (exact) mass is 323 g/mol. The zero-order chi connectivity index (χ0) is 13.7. The van der Waals surface area contributed by atoms with E-state index in [1.165, 1.54) is 6.33 Å². The highest BCUT2D eigenvalue weighted by atomic mass is 79.9. The third-order valence-corrected chi connectivity index (χ3v) is 2.99. The fourth-order valence-corrected chi connectivity index (χ4v) is 1.92. The minimum absolute atomic E-state index is 0.643. The van der Waals surface area contributed by atoms with Crippen LogP contribution in [0.15, 0.2) is 35.2 Å². The van der Waals surface area contributed by atoms with E-state index in [0.29, 0.717) is 12.3 Å². The van der Waals surface area contributed by atoms with Gasteiger partial charge in [-0.1, -0.05) is 6.07 Å². The van der Waals surface area contributed by atoms with Crippen LogP contribution in [0.3, 0.4) is 0 Å². The van der Waals surface area contributed by atoms with Gasteiger partial charge in [0.15, 0.2) is 11.5 Å². The summed E-state index contributed by atoms with van der Waals surface area (Å²) < 4.78 is 11.2. The summed E-state index contributed by atoms with van der Waals surface area (Å²) in [6.45, 7) is 0.643. The third kappa shape index (κ3) is 3.57. The molecule has 0 amide bonds. The van der Waals surface area contributed by atoms with Crippen LogP contribution in [-0.2, 0) is 6.54 Å². The van der Waals surface area contributed by atoms with Gasteiger partial charge in [0.05, 0.1) is 14.2 Å². The van der Waals surface area contributed by atoms with Gasteiger partial charge in [0, 0.05) is 12.6 Å². The Kier molecular flexibility index (Phi) is 4.57. The lowest BCUT2D eigenvalue weighted by molar-refractivity contribution is 0.354. The molecule has 0 unspecified atom stereocenters. The van der Waals surface area contributed by atoms with Crippen LogP contribution in [0, 0.1) is 0 Å². The molecule has 19 heavy (non-hydrogen) atoms. The Labute approximate surface area is 120 Å². The normalized spacial score (nSPS) is 10.1. The quantitative estimate of drug-likeness (QED) is 0.857. The molecular formula is C13H14BrN3O2. The molecule has 2 aromatic rings. The Morgan fingerprint density at radius 3 is 2.58 bits per heavy atom. The van der Waals surface area contributed by atoms with Crippen LogP contribution in [0.4, 0.5) is 5.82 Å². The van der Waals surface area contributed by atoms with E-state index < -0.39 is 0 Å². The first-order chi connectivity index (χ1) is 9.22. The smallest absolute Gasteiger partial charge is 0.161 e. The first kappa shape index (κ1) is 13.6. The number of ether oxygens (including phenoxy) is 2. The minimum atomic E-state index is 0.643. The van der Waals surface area contributed by atoms with Crippen molar-refractivity contribution >= 4 is 21.7 Å². The predicted octanol–water partition coefficient (Wildman–Crippen LogP) is 2.87. The molecule has 2 rings (SSSR count). The Morgan fingerprint density at radius 2 is 1.89 bits per heavy atom. The van der Waals surface area contributed by atoms with E-state index in [1.54, 1.807) is 14.2 Å². The standard InChI is InChI=1S/C13H14BrN3O2/c1-18-10-4-3-9(5-11(10)19-2)7-15-13-6-12(14)16-8-17-13/h3-6,8H,7H2,1-2H3,(H,15,16,17). The highest BCUT2D eigenvalue weighted by Crippen LogP contribution is 2.27. The zero-order valence-electron chi connectivity index (χ0n) is 10.7. The second-order valence-electron chi connectivity index (χ2n) is 3.77. The van der Waals surface area contributed by atoms with Gasteiger partial charge in [-0.15, -0.1) is 0 Å². The van der Waals surface area contributed by atoms with Crippen LogP contribution in [0.5, 0.6) is 11.5 Å². The summed E-state index contributed by atoms with van der Waals surface area (Å²) in [5.74, 6) is 2.19. The van der Waals surface area contributed by atoms with Crippen molar-refractivity contribution in [2.24, 2.45) is 0 Å². The van der Waals surface area contributed by atoms with E-state index in [9.17, 15) is 0 Å². The summed E-state index contributed by atoms with van der Waals surface area (Å²) in [4.78, 5) is 8.10. The van der Waals surface area contributed by atoms with Gasteiger partial charge in [-0.3, -0.25) is 0 Å². The zero-order valence-corrected chi connectivity index (χ0v) is 12.3. The Hall–Kier alpha value is -1.82. The molecule has 0 saturated carbocycles. The van der Waals surface area contributed by atoms with Crippen LogP contribution in [0.25, 0.3) is 0 Å². The predicted molar refractivity (Wildman–Crippen MR) is 76.6 cm³/mol. The van der Waals surface area contributed by atoms with E-state index in [2.05, 4.69) is 31.2 Å². The maximum Gasteiger partial charge on any atom is 0.161 e. The summed E-state index contributed by atoms with van der Waals surface area (Å²) in [7, 11) is 3.24. The van der Waals surface area contributed by atoms with Gasteiger partial charge in [-0.2, -0.15) is 0 Å². The minimum Gasteiger partial charge on any atom is -0.493 e. The van der Waals surface area contributed by atoms with Crippen LogP contribution < -0.4 is 14.8 Å².